The van der Waals surface area contributed by atoms with E-state index >= 15 is 0 Å². The van der Waals surface area contributed by atoms with E-state index in [0.717, 1.165) is 6.42 Å². The highest BCUT2D eigenvalue weighted by molar-refractivity contribution is 5.67. The number of para-hydroxylation sites is 1. The van der Waals surface area contributed by atoms with E-state index in [9.17, 15) is 4.79 Å². The summed E-state index contributed by atoms with van der Waals surface area (Å²) in [4.78, 5) is 11.8. The first-order chi connectivity index (χ1) is 12.2. The summed E-state index contributed by atoms with van der Waals surface area (Å²) in [6, 6.07) is 26.8. The molecule has 0 radical (unpaired) electrons. The molecule has 126 valence electrons. The molecule has 3 aromatic rings. The third-order valence-electron chi connectivity index (χ3n) is 3.98. The molecule has 0 unspecified atom stereocenters. The standard InChI is InChI=1S/C22H20O3/c1-17(16-18-8-4-2-5-9-18)19-12-14-21(15-13-19)25-22(23)24-20-10-6-3-7-11-20/h2-15,17H,16H2,1H3/t17-/m0/s1. The highest BCUT2D eigenvalue weighted by Gasteiger charge is 2.10. The Bertz CT molecular complexity index is 796. The normalized spacial score (nSPS) is 11.6. The number of hydrogen-bond acceptors (Lipinski definition) is 3. The molecule has 0 N–H and O–H groups in total. The van der Waals surface area contributed by atoms with Crippen molar-refractivity contribution in [1.29, 1.82) is 0 Å². The zero-order valence-electron chi connectivity index (χ0n) is 14.1. The molecule has 1 atom stereocenters. The molecular formula is C22H20O3. The second kappa shape index (κ2) is 8.15. The van der Waals surface area contributed by atoms with Crippen LogP contribution in [0.3, 0.4) is 0 Å². The molecule has 0 saturated heterocycles. The predicted molar refractivity (Wildman–Crippen MR) is 98.1 cm³/mol. The van der Waals surface area contributed by atoms with Crippen LogP contribution in [0.2, 0.25) is 0 Å². The van der Waals surface area contributed by atoms with Crippen molar-refractivity contribution in [3.63, 3.8) is 0 Å². The van der Waals surface area contributed by atoms with Gasteiger partial charge < -0.3 is 9.47 Å². The molecule has 3 heteroatoms. The molecule has 3 nitrogen and oxygen atoms in total. The van der Waals surface area contributed by atoms with Crippen molar-refractivity contribution in [2.75, 3.05) is 0 Å². The lowest BCUT2D eigenvalue weighted by Crippen LogP contribution is -2.13. The van der Waals surface area contributed by atoms with Crippen molar-refractivity contribution in [3.8, 4) is 11.5 Å². The van der Waals surface area contributed by atoms with Gasteiger partial charge in [-0.3, -0.25) is 0 Å². The van der Waals surface area contributed by atoms with E-state index in [0.29, 0.717) is 17.4 Å². The smallest absolute Gasteiger partial charge is 0.395 e. The molecule has 0 aliphatic heterocycles. The summed E-state index contributed by atoms with van der Waals surface area (Å²) in [5.74, 6) is 1.31. The minimum atomic E-state index is -0.740. The fraction of sp³-hybridized carbons (Fsp3) is 0.136. The van der Waals surface area contributed by atoms with Gasteiger partial charge >= 0.3 is 6.16 Å². The van der Waals surface area contributed by atoms with Crippen LogP contribution >= 0.6 is 0 Å². The lowest BCUT2D eigenvalue weighted by molar-refractivity contribution is 0.152. The molecule has 3 rings (SSSR count). The summed E-state index contributed by atoms with van der Waals surface area (Å²) in [5.41, 5.74) is 2.51. The molecule has 0 heterocycles. The van der Waals surface area contributed by atoms with Gasteiger partial charge in [0.1, 0.15) is 11.5 Å². The summed E-state index contributed by atoms with van der Waals surface area (Å²) < 4.78 is 10.3. The number of rotatable bonds is 5. The summed E-state index contributed by atoms with van der Waals surface area (Å²) in [5, 5.41) is 0. The van der Waals surface area contributed by atoms with Crippen molar-refractivity contribution >= 4 is 6.16 Å². The number of ether oxygens (including phenoxy) is 2. The van der Waals surface area contributed by atoms with Crippen molar-refractivity contribution in [3.05, 3.63) is 96.1 Å². The minimum Gasteiger partial charge on any atom is -0.395 e. The molecule has 0 aliphatic rings. The Morgan fingerprint density at radius 2 is 1.28 bits per heavy atom. The maximum atomic E-state index is 11.8. The summed E-state index contributed by atoms with van der Waals surface area (Å²) in [6.07, 6.45) is 0.230. The van der Waals surface area contributed by atoms with Crippen molar-refractivity contribution in [2.45, 2.75) is 19.3 Å². The number of hydrogen-bond donors (Lipinski definition) is 0. The van der Waals surface area contributed by atoms with E-state index in [1.165, 1.54) is 11.1 Å². The Hall–Kier alpha value is -3.07. The van der Waals surface area contributed by atoms with Gasteiger partial charge in [-0.15, -0.1) is 0 Å². The van der Waals surface area contributed by atoms with Crippen LogP contribution in [0.25, 0.3) is 0 Å². The van der Waals surface area contributed by atoms with Crippen LogP contribution in [0.15, 0.2) is 84.9 Å². The van der Waals surface area contributed by atoms with E-state index < -0.39 is 6.16 Å². The third kappa shape index (κ3) is 4.95. The third-order valence-corrected chi connectivity index (χ3v) is 3.98. The summed E-state index contributed by atoms with van der Waals surface area (Å²) in [6.45, 7) is 2.19. The average molecular weight is 332 g/mol. The molecule has 0 aliphatic carbocycles. The Labute approximate surface area is 147 Å². The van der Waals surface area contributed by atoms with Gasteiger partial charge in [0.25, 0.3) is 0 Å². The highest BCUT2D eigenvalue weighted by atomic mass is 16.7. The zero-order valence-corrected chi connectivity index (χ0v) is 14.1. The van der Waals surface area contributed by atoms with Gasteiger partial charge in [-0.2, -0.15) is 0 Å². The maximum absolute atomic E-state index is 11.8. The van der Waals surface area contributed by atoms with Crippen LogP contribution < -0.4 is 9.47 Å². The molecule has 0 aromatic heterocycles. The van der Waals surface area contributed by atoms with E-state index in [1.54, 1.807) is 36.4 Å². The van der Waals surface area contributed by atoms with Crippen LogP contribution in [-0.2, 0) is 6.42 Å². The second-order valence-corrected chi connectivity index (χ2v) is 5.93. The Balaban J connectivity index is 1.57. The molecule has 0 amide bonds. The summed E-state index contributed by atoms with van der Waals surface area (Å²) in [7, 11) is 0. The second-order valence-electron chi connectivity index (χ2n) is 5.93. The molecule has 0 saturated carbocycles. The van der Waals surface area contributed by atoms with Crippen LogP contribution in [0.4, 0.5) is 4.79 Å². The van der Waals surface area contributed by atoms with Gasteiger partial charge in [0.2, 0.25) is 0 Å². The first-order valence-electron chi connectivity index (χ1n) is 8.29. The SMILES string of the molecule is C[C@@H](Cc1ccccc1)c1ccc(OC(=O)Oc2ccccc2)cc1. The fourth-order valence-corrected chi connectivity index (χ4v) is 2.65. The van der Waals surface area contributed by atoms with Gasteiger partial charge in [0.05, 0.1) is 0 Å². The quantitative estimate of drug-likeness (QED) is 0.450. The molecule has 0 spiro atoms. The molecule has 0 bridgehead atoms. The van der Waals surface area contributed by atoms with Gasteiger partial charge in [0.15, 0.2) is 0 Å². The van der Waals surface area contributed by atoms with Crippen molar-refractivity contribution in [1.82, 2.24) is 0 Å². The molecule has 0 fully saturated rings. The van der Waals surface area contributed by atoms with Crippen LogP contribution in [-0.4, -0.2) is 6.16 Å². The Morgan fingerprint density at radius 3 is 1.88 bits per heavy atom. The molecular weight excluding hydrogens is 312 g/mol. The number of benzene rings is 3. The van der Waals surface area contributed by atoms with Crippen molar-refractivity contribution in [2.24, 2.45) is 0 Å². The zero-order chi connectivity index (χ0) is 17.5. The van der Waals surface area contributed by atoms with Gasteiger partial charge in [-0.1, -0.05) is 67.6 Å². The molecule has 3 aromatic carbocycles. The van der Waals surface area contributed by atoms with Gasteiger partial charge in [-0.05, 0) is 47.7 Å². The Kier molecular flexibility index (Phi) is 5.47. The Morgan fingerprint density at radius 1 is 0.760 bits per heavy atom. The highest BCUT2D eigenvalue weighted by Crippen LogP contribution is 2.23. The molecule has 25 heavy (non-hydrogen) atoms. The lowest BCUT2D eigenvalue weighted by Gasteiger charge is -2.13. The van der Waals surface area contributed by atoms with Crippen LogP contribution in [0.5, 0.6) is 11.5 Å². The first-order valence-corrected chi connectivity index (χ1v) is 8.29. The monoisotopic (exact) mass is 332 g/mol. The topological polar surface area (TPSA) is 35.5 Å². The predicted octanol–water partition coefficient (Wildman–Crippen LogP) is 5.61. The van der Waals surface area contributed by atoms with Gasteiger partial charge in [-0.25, -0.2) is 4.79 Å². The largest absolute Gasteiger partial charge is 0.519 e. The van der Waals surface area contributed by atoms with Crippen molar-refractivity contribution < 1.29 is 14.3 Å². The number of carbonyl (C=O) groups excluding carboxylic acids is 1. The lowest BCUT2D eigenvalue weighted by atomic mass is 9.94. The number of carbonyl (C=O) groups is 1. The van der Waals surface area contributed by atoms with Crippen LogP contribution in [0.1, 0.15) is 24.0 Å². The van der Waals surface area contributed by atoms with Gasteiger partial charge in [0, 0.05) is 0 Å². The summed E-state index contributed by atoms with van der Waals surface area (Å²) >= 11 is 0. The van der Waals surface area contributed by atoms with E-state index in [2.05, 4.69) is 31.2 Å². The van der Waals surface area contributed by atoms with E-state index in [4.69, 9.17) is 9.47 Å². The van der Waals surface area contributed by atoms with E-state index in [-0.39, 0.29) is 0 Å². The fourth-order valence-electron chi connectivity index (χ4n) is 2.65. The average Bonchev–Trinajstić information content (AvgIpc) is 2.64. The minimum absolute atomic E-state index is 0.382. The maximum Gasteiger partial charge on any atom is 0.519 e. The van der Waals surface area contributed by atoms with E-state index in [1.807, 2.05) is 24.3 Å². The first kappa shape index (κ1) is 16.8. The van der Waals surface area contributed by atoms with Crippen LogP contribution in [0, 0.1) is 0 Å².